The second-order valence-electron chi connectivity index (χ2n) is 5.02. The van der Waals surface area contributed by atoms with Gasteiger partial charge < -0.3 is 19.5 Å². The molecule has 120 valence electrons. The number of carbonyl (C=O) groups excluding carboxylic acids is 1. The molecule has 0 unspecified atom stereocenters. The number of ether oxygens (including phenoxy) is 3. The molecule has 0 saturated carbocycles. The Morgan fingerprint density at radius 3 is 2.83 bits per heavy atom. The molecule has 1 amide bonds. The standard InChI is InChI=1S/C17H16BrNO4/c1-2-11-3-5-14(13(18)7-11)21-9-17(20)19-12-4-6-15-16(8-12)23-10-22-15/h3-8H,2,9-10H2,1H3,(H,19,20). The van der Waals surface area contributed by atoms with Gasteiger partial charge in [-0.25, -0.2) is 0 Å². The van der Waals surface area contributed by atoms with Gasteiger partial charge in [0.2, 0.25) is 6.79 Å². The summed E-state index contributed by atoms with van der Waals surface area (Å²) in [5.41, 5.74) is 1.84. The van der Waals surface area contributed by atoms with Crippen LogP contribution in [-0.4, -0.2) is 19.3 Å². The third-order valence-corrected chi connectivity index (χ3v) is 4.04. The van der Waals surface area contributed by atoms with Crippen molar-refractivity contribution in [3.63, 3.8) is 0 Å². The molecule has 1 aliphatic heterocycles. The molecule has 0 aromatic heterocycles. The molecule has 0 radical (unpaired) electrons. The molecule has 5 nitrogen and oxygen atoms in total. The van der Waals surface area contributed by atoms with E-state index >= 15 is 0 Å². The predicted molar refractivity (Wildman–Crippen MR) is 90.2 cm³/mol. The van der Waals surface area contributed by atoms with Crippen molar-refractivity contribution in [3.05, 3.63) is 46.4 Å². The number of benzene rings is 2. The number of aryl methyl sites for hydroxylation is 1. The van der Waals surface area contributed by atoms with E-state index < -0.39 is 0 Å². The van der Waals surface area contributed by atoms with Crippen molar-refractivity contribution in [2.75, 3.05) is 18.7 Å². The van der Waals surface area contributed by atoms with E-state index in [-0.39, 0.29) is 19.3 Å². The van der Waals surface area contributed by atoms with E-state index in [0.29, 0.717) is 22.9 Å². The molecule has 0 aliphatic carbocycles. The van der Waals surface area contributed by atoms with Crippen molar-refractivity contribution in [3.8, 4) is 17.2 Å². The first-order valence-electron chi connectivity index (χ1n) is 7.26. The molecule has 6 heteroatoms. The maximum Gasteiger partial charge on any atom is 0.262 e. The summed E-state index contributed by atoms with van der Waals surface area (Å²) in [5.74, 6) is 1.71. The van der Waals surface area contributed by atoms with Crippen LogP contribution in [0.2, 0.25) is 0 Å². The number of anilines is 1. The molecular formula is C17H16BrNO4. The number of nitrogens with one attached hydrogen (secondary N) is 1. The third kappa shape index (κ3) is 3.76. The lowest BCUT2D eigenvalue weighted by molar-refractivity contribution is -0.118. The molecule has 1 aliphatic rings. The van der Waals surface area contributed by atoms with Gasteiger partial charge >= 0.3 is 0 Å². The molecule has 3 rings (SSSR count). The van der Waals surface area contributed by atoms with Crippen LogP contribution >= 0.6 is 15.9 Å². The number of hydrogen-bond donors (Lipinski definition) is 1. The number of carbonyl (C=O) groups is 1. The van der Waals surface area contributed by atoms with E-state index in [2.05, 4.69) is 28.2 Å². The zero-order chi connectivity index (χ0) is 16.2. The van der Waals surface area contributed by atoms with Crippen LogP contribution in [0.15, 0.2) is 40.9 Å². The minimum Gasteiger partial charge on any atom is -0.483 e. The lowest BCUT2D eigenvalue weighted by Gasteiger charge is -2.10. The second kappa shape index (κ2) is 6.91. The minimum atomic E-state index is -0.240. The fraction of sp³-hybridized carbons (Fsp3) is 0.235. The maximum absolute atomic E-state index is 12.0. The van der Waals surface area contributed by atoms with Crippen LogP contribution in [0.5, 0.6) is 17.2 Å². The molecule has 0 atom stereocenters. The largest absolute Gasteiger partial charge is 0.483 e. The van der Waals surface area contributed by atoms with Gasteiger partial charge in [-0.3, -0.25) is 4.79 Å². The molecule has 0 fully saturated rings. The number of amides is 1. The van der Waals surface area contributed by atoms with Crippen LogP contribution in [0.3, 0.4) is 0 Å². The average molecular weight is 378 g/mol. The first-order valence-corrected chi connectivity index (χ1v) is 8.05. The molecule has 1 N–H and O–H groups in total. The van der Waals surface area contributed by atoms with Crippen molar-refractivity contribution >= 4 is 27.5 Å². The third-order valence-electron chi connectivity index (χ3n) is 3.42. The van der Waals surface area contributed by atoms with Crippen LogP contribution < -0.4 is 19.5 Å². The average Bonchev–Trinajstić information content (AvgIpc) is 3.01. The fourth-order valence-corrected chi connectivity index (χ4v) is 2.74. The summed E-state index contributed by atoms with van der Waals surface area (Å²) in [5, 5.41) is 2.77. The van der Waals surface area contributed by atoms with Crippen molar-refractivity contribution in [2.24, 2.45) is 0 Å². The van der Waals surface area contributed by atoms with E-state index in [9.17, 15) is 4.79 Å². The van der Waals surface area contributed by atoms with Crippen molar-refractivity contribution in [2.45, 2.75) is 13.3 Å². The highest BCUT2D eigenvalue weighted by molar-refractivity contribution is 9.10. The zero-order valence-electron chi connectivity index (χ0n) is 12.6. The lowest BCUT2D eigenvalue weighted by atomic mass is 10.2. The summed E-state index contributed by atoms with van der Waals surface area (Å²) in [6.07, 6.45) is 0.948. The van der Waals surface area contributed by atoms with E-state index in [1.165, 1.54) is 5.56 Å². The Bertz CT molecular complexity index is 733. The highest BCUT2D eigenvalue weighted by Crippen LogP contribution is 2.34. The van der Waals surface area contributed by atoms with Gasteiger partial charge in [-0.2, -0.15) is 0 Å². The minimum absolute atomic E-state index is 0.0709. The van der Waals surface area contributed by atoms with Crippen LogP contribution in [-0.2, 0) is 11.2 Å². The molecule has 2 aromatic carbocycles. The monoisotopic (exact) mass is 377 g/mol. The van der Waals surface area contributed by atoms with Gasteiger partial charge in [-0.05, 0) is 52.2 Å². The molecule has 23 heavy (non-hydrogen) atoms. The fourth-order valence-electron chi connectivity index (χ4n) is 2.20. The zero-order valence-corrected chi connectivity index (χ0v) is 14.2. The van der Waals surface area contributed by atoms with Gasteiger partial charge in [-0.1, -0.05) is 13.0 Å². The summed E-state index contributed by atoms with van der Waals surface area (Å²) in [4.78, 5) is 12.0. The van der Waals surface area contributed by atoms with Crippen LogP contribution in [0.25, 0.3) is 0 Å². The summed E-state index contributed by atoms with van der Waals surface area (Å²) in [7, 11) is 0. The number of halogens is 1. The number of hydrogen-bond acceptors (Lipinski definition) is 4. The molecule has 0 saturated heterocycles. The molecule has 2 aromatic rings. The van der Waals surface area contributed by atoms with Crippen molar-refractivity contribution < 1.29 is 19.0 Å². The predicted octanol–water partition coefficient (Wildman–Crippen LogP) is 3.76. The van der Waals surface area contributed by atoms with Crippen LogP contribution in [0.4, 0.5) is 5.69 Å². The Hall–Kier alpha value is -2.21. The molecule has 1 heterocycles. The van der Waals surface area contributed by atoms with E-state index in [1.54, 1.807) is 18.2 Å². The SMILES string of the molecule is CCc1ccc(OCC(=O)Nc2ccc3c(c2)OCO3)c(Br)c1. The second-order valence-corrected chi connectivity index (χ2v) is 5.88. The summed E-state index contributed by atoms with van der Waals surface area (Å²) >= 11 is 3.45. The Morgan fingerprint density at radius 2 is 2.04 bits per heavy atom. The van der Waals surface area contributed by atoms with E-state index in [4.69, 9.17) is 14.2 Å². The Morgan fingerprint density at radius 1 is 1.22 bits per heavy atom. The molecule has 0 bridgehead atoms. The lowest BCUT2D eigenvalue weighted by Crippen LogP contribution is -2.20. The Balaban J connectivity index is 1.57. The topological polar surface area (TPSA) is 56.8 Å². The van der Waals surface area contributed by atoms with Gasteiger partial charge in [-0.15, -0.1) is 0 Å². The highest BCUT2D eigenvalue weighted by atomic mass is 79.9. The maximum atomic E-state index is 12.0. The quantitative estimate of drug-likeness (QED) is 0.861. The van der Waals surface area contributed by atoms with Gasteiger partial charge in [0.05, 0.1) is 4.47 Å². The first-order chi connectivity index (χ1) is 11.2. The van der Waals surface area contributed by atoms with Crippen LogP contribution in [0.1, 0.15) is 12.5 Å². The van der Waals surface area contributed by atoms with Crippen molar-refractivity contribution in [1.29, 1.82) is 0 Å². The summed E-state index contributed by atoms with van der Waals surface area (Å²) in [6.45, 7) is 2.22. The van der Waals surface area contributed by atoms with Gasteiger partial charge in [0, 0.05) is 11.8 Å². The van der Waals surface area contributed by atoms with E-state index in [1.807, 2.05) is 18.2 Å². The van der Waals surface area contributed by atoms with E-state index in [0.717, 1.165) is 10.9 Å². The smallest absolute Gasteiger partial charge is 0.262 e. The van der Waals surface area contributed by atoms with Crippen LogP contribution in [0, 0.1) is 0 Å². The summed E-state index contributed by atoms with van der Waals surface area (Å²) in [6, 6.07) is 11.1. The normalized spacial score (nSPS) is 12.1. The van der Waals surface area contributed by atoms with Gasteiger partial charge in [0.1, 0.15) is 5.75 Å². The Labute approximate surface area is 142 Å². The first kappa shape index (κ1) is 15.7. The van der Waals surface area contributed by atoms with Gasteiger partial charge in [0.25, 0.3) is 5.91 Å². The molecular weight excluding hydrogens is 362 g/mol. The highest BCUT2D eigenvalue weighted by Gasteiger charge is 2.14. The van der Waals surface area contributed by atoms with Gasteiger partial charge in [0.15, 0.2) is 18.1 Å². The van der Waals surface area contributed by atoms with Crippen molar-refractivity contribution in [1.82, 2.24) is 0 Å². The summed E-state index contributed by atoms with van der Waals surface area (Å²) < 4.78 is 16.9. The number of fused-ring (bicyclic) bond motifs is 1. The molecule has 0 spiro atoms. The number of rotatable bonds is 5. The Kier molecular flexibility index (Phi) is 4.71.